The minimum Gasteiger partial charge on any atom is -0.444 e. The highest BCUT2D eigenvalue weighted by atomic mass is 19.1. The van der Waals surface area contributed by atoms with Crippen molar-refractivity contribution >= 4 is 17.6 Å². The quantitative estimate of drug-likeness (QED) is 0.286. The van der Waals surface area contributed by atoms with Crippen molar-refractivity contribution in [3.63, 3.8) is 0 Å². The summed E-state index contributed by atoms with van der Waals surface area (Å²) in [6.07, 6.45) is 1.67. The Balaban J connectivity index is 1.41. The molecule has 1 aliphatic rings. The molecule has 0 saturated heterocycles. The van der Waals surface area contributed by atoms with Gasteiger partial charge in [0.25, 0.3) is 0 Å². The Bertz CT molecular complexity index is 1600. The second kappa shape index (κ2) is 11.2. The molecule has 2 aromatic heterocycles. The molecule has 0 radical (unpaired) electrons. The first-order chi connectivity index (χ1) is 19.9. The SMILES string of the molecule is CC(C)(C)OC(=O)NC(C)(C)C(=O)NC1C[C@]1(COCc1ccccc1)c1nnc2ccc(-c3ccccc3F)cn12. The fourth-order valence-corrected chi connectivity index (χ4v) is 4.93. The number of amides is 2. The molecule has 0 aliphatic heterocycles. The van der Waals surface area contributed by atoms with E-state index in [1.165, 1.54) is 6.07 Å². The summed E-state index contributed by atoms with van der Waals surface area (Å²) in [6.45, 7) is 9.16. The molecule has 42 heavy (non-hydrogen) atoms. The van der Waals surface area contributed by atoms with Gasteiger partial charge in [-0.3, -0.25) is 9.20 Å². The number of pyridine rings is 1. The number of ether oxygens (including phenoxy) is 2. The van der Waals surface area contributed by atoms with Crippen molar-refractivity contribution in [1.82, 2.24) is 25.2 Å². The van der Waals surface area contributed by atoms with E-state index in [1.807, 2.05) is 47.0 Å². The number of aromatic nitrogens is 3. The first-order valence-electron chi connectivity index (χ1n) is 13.9. The summed E-state index contributed by atoms with van der Waals surface area (Å²) in [7, 11) is 0. The zero-order chi connectivity index (χ0) is 30.1. The first kappa shape index (κ1) is 29.2. The van der Waals surface area contributed by atoms with Gasteiger partial charge in [0.15, 0.2) is 5.65 Å². The van der Waals surface area contributed by atoms with Crippen molar-refractivity contribution in [2.75, 3.05) is 6.61 Å². The van der Waals surface area contributed by atoms with Gasteiger partial charge in [0.2, 0.25) is 5.91 Å². The van der Waals surface area contributed by atoms with Crippen molar-refractivity contribution in [2.24, 2.45) is 0 Å². The molecular formula is C32H36FN5O4. The number of rotatable bonds is 9. The summed E-state index contributed by atoms with van der Waals surface area (Å²) >= 11 is 0. The summed E-state index contributed by atoms with van der Waals surface area (Å²) in [5.41, 5.74) is 0.108. The van der Waals surface area contributed by atoms with Gasteiger partial charge in [-0.1, -0.05) is 48.5 Å². The van der Waals surface area contributed by atoms with Crippen LogP contribution in [0.5, 0.6) is 0 Å². The van der Waals surface area contributed by atoms with Gasteiger partial charge in [0.05, 0.1) is 18.6 Å². The van der Waals surface area contributed by atoms with E-state index < -0.39 is 22.6 Å². The van der Waals surface area contributed by atoms with Gasteiger partial charge in [-0.05, 0) is 64.8 Å². The molecule has 2 aromatic carbocycles. The smallest absolute Gasteiger partial charge is 0.408 e. The molecule has 2 atom stereocenters. The number of hydrogen-bond acceptors (Lipinski definition) is 6. The molecule has 9 nitrogen and oxygen atoms in total. The molecule has 5 rings (SSSR count). The number of carbonyl (C=O) groups is 2. The van der Waals surface area contributed by atoms with E-state index in [2.05, 4.69) is 20.8 Å². The molecule has 2 N–H and O–H groups in total. The maximum absolute atomic E-state index is 14.6. The number of benzene rings is 2. The molecule has 220 valence electrons. The lowest BCUT2D eigenvalue weighted by atomic mass is 10.0. The molecule has 2 heterocycles. The van der Waals surface area contributed by atoms with E-state index in [-0.39, 0.29) is 24.4 Å². The van der Waals surface area contributed by atoms with E-state index in [0.717, 1.165) is 5.56 Å². The first-order valence-corrected chi connectivity index (χ1v) is 13.9. The largest absolute Gasteiger partial charge is 0.444 e. The van der Waals surface area contributed by atoms with Crippen LogP contribution in [0.4, 0.5) is 9.18 Å². The van der Waals surface area contributed by atoms with Crippen molar-refractivity contribution in [3.05, 3.63) is 90.1 Å². The van der Waals surface area contributed by atoms with Gasteiger partial charge in [-0.2, -0.15) is 0 Å². The van der Waals surface area contributed by atoms with Gasteiger partial charge in [-0.15, -0.1) is 10.2 Å². The maximum Gasteiger partial charge on any atom is 0.408 e. The number of halogens is 1. The number of hydrogen-bond donors (Lipinski definition) is 2. The van der Waals surface area contributed by atoms with Crippen LogP contribution in [-0.4, -0.2) is 50.4 Å². The van der Waals surface area contributed by atoms with Gasteiger partial charge < -0.3 is 20.1 Å². The normalized spacial score (nSPS) is 18.5. The molecule has 10 heteroatoms. The summed E-state index contributed by atoms with van der Waals surface area (Å²) in [5, 5.41) is 14.6. The van der Waals surface area contributed by atoms with Gasteiger partial charge in [0, 0.05) is 23.4 Å². The topological polar surface area (TPSA) is 107 Å². The third kappa shape index (κ3) is 6.28. The van der Waals surface area contributed by atoms with Crippen molar-refractivity contribution < 1.29 is 23.5 Å². The van der Waals surface area contributed by atoms with E-state index in [1.54, 1.807) is 58.9 Å². The Kier molecular flexibility index (Phi) is 7.76. The Morgan fingerprint density at radius 3 is 2.43 bits per heavy atom. The average Bonchev–Trinajstić information content (AvgIpc) is 3.42. The Morgan fingerprint density at radius 2 is 1.71 bits per heavy atom. The van der Waals surface area contributed by atoms with Gasteiger partial charge in [0.1, 0.15) is 22.8 Å². The lowest BCUT2D eigenvalue weighted by Crippen LogP contribution is -2.56. The summed E-state index contributed by atoms with van der Waals surface area (Å²) in [4.78, 5) is 25.8. The second-order valence-electron chi connectivity index (χ2n) is 12.3. The maximum atomic E-state index is 14.6. The fraction of sp³-hybridized carbons (Fsp3) is 0.375. The van der Waals surface area contributed by atoms with Crippen molar-refractivity contribution in [2.45, 2.75) is 70.2 Å². The highest BCUT2D eigenvalue weighted by Gasteiger charge is 2.60. The van der Waals surface area contributed by atoms with E-state index in [9.17, 15) is 14.0 Å². The molecular weight excluding hydrogens is 537 g/mol. The molecule has 1 unspecified atom stereocenters. The van der Waals surface area contributed by atoms with Crippen molar-refractivity contribution in [1.29, 1.82) is 0 Å². The highest BCUT2D eigenvalue weighted by molar-refractivity contribution is 5.89. The van der Waals surface area contributed by atoms with Crippen LogP contribution in [0.3, 0.4) is 0 Å². The van der Waals surface area contributed by atoms with Crippen LogP contribution >= 0.6 is 0 Å². The molecule has 4 aromatic rings. The minimum atomic E-state index is -1.24. The molecule has 1 saturated carbocycles. The minimum absolute atomic E-state index is 0.261. The fourth-order valence-electron chi connectivity index (χ4n) is 4.93. The van der Waals surface area contributed by atoms with E-state index in [4.69, 9.17) is 9.47 Å². The van der Waals surface area contributed by atoms with Gasteiger partial charge in [-0.25, -0.2) is 9.18 Å². The van der Waals surface area contributed by atoms with Crippen LogP contribution < -0.4 is 10.6 Å². The molecule has 2 amide bonds. The number of nitrogens with zero attached hydrogens (tertiary/aromatic N) is 3. The van der Waals surface area contributed by atoms with Crippen LogP contribution in [0.25, 0.3) is 16.8 Å². The summed E-state index contributed by atoms with van der Waals surface area (Å²) in [6, 6.07) is 19.6. The average molecular weight is 574 g/mol. The van der Waals surface area contributed by atoms with E-state index >= 15 is 0 Å². The van der Waals surface area contributed by atoms with E-state index in [0.29, 0.717) is 35.6 Å². The van der Waals surface area contributed by atoms with Crippen LogP contribution in [0.1, 0.15) is 52.4 Å². The summed E-state index contributed by atoms with van der Waals surface area (Å²) in [5.74, 6) is -0.0974. The monoisotopic (exact) mass is 573 g/mol. The predicted molar refractivity (Wildman–Crippen MR) is 156 cm³/mol. The van der Waals surface area contributed by atoms with Crippen molar-refractivity contribution in [3.8, 4) is 11.1 Å². The molecule has 0 spiro atoms. The number of nitrogens with one attached hydrogen (secondary N) is 2. The molecule has 1 fully saturated rings. The number of fused-ring (bicyclic) bond motifs is 1. The lowest BCUT2D eigenvalue weighted by molar-refractivity contribution is -0.126. The second-order valence-corrected chi connectivity index (χ2v) is 12.3. The third-order valence-electron chi connectivity index (χ3n) is 7.27. The number of carbonyl (C=O) groups excluding carboxylic acids is 2. The predicted octanol–water partition coefficient (Wildman–Crippen LogP) is 5.18. The molecule has 1 aliphatic carbocycles. The Hall–Kier alpha value is -4.31. The highest BCUT2D eigenvalue weighted by Crippen LogP contribution is 2.48. The number of alkyl carbamates (subject to hydrolysis) is 1. The zero-order valence-corrected chi connectivity index (χ0v) is 24.5. The van der Waals surface area contributed by atoms with Crippen LogP contribution in [0.2, 0.25) is 0 Å². The zero-order valence-electron chi connectivity index (χ0n) is 24.5. The third-order valence-corrected chi connectivity index (χ3v) is 7.27. The Morgan fingerprint density at radius 1 is 1.00 bits per heavy atom. The van der Waals surface area contributed by atoms with Gasteiger partial charge >= 0.3 is 6.09 Å². The van der Waals surface area contributed by atoms with Crippen LogP contribution in [0, 0.1) is 5.82 Å². The standard InChI is InChI=1S/C32H36FN5O4/c1-30(2,3)42-29(40)35-31(4,5)28(39)34-25-17-32(25,20-41-19-21-11-7-6-8-12-21)27-37-36-26-16-15-22(18-38(26)27)23-13-9-10-14-24(23)33/h6-16,18,25H,17,19-20H2,1-5H3,(H,34,39)(H,35,40)/t25?,32-/m1/s1. The molecule has 0 bridgehead atoms. The van der Waals surface area contributed by atoms with Crippen LogP contribution in [-0.2, 0) is 26.3 Å². The van der Waals surface area contributed by atoms with Crippen LogP contribution in [0.15, 0.2) is 72.9 Å². The lowest BCUT2D eigenvalue weighted by Gasteiger charge is -2.28. The Labute approximate surface area is 244 Å². The summed E-state index contributed by atoms with van der Waals surface area (Å²) < 4.78 is 28.0.